The number of hydrogen-bond acceptors (Lipinski definition) is 4. The summed E-state index contributed by atoms with van der Waals surface area (Å²) in [6.07, 6.45) is 3.11. The van der Waals surface area contributed by atoms with Crippen molar-refractivity contribution in [2.75, 3.05) is 7.05 Å². The maximum atomic E-state index is 12.7. The number of aromatic hydroxyl groups is 1. The quantitative estimate of drug-likeness (QED) is 0.726. The average molecular weight is 401 g/mol. The highest BCUT2D eigenvalue weighted by molar-refractivity contribution is 9.10. The normalized spacial score (nSPS) is 12.0. The maximum absolute atomic E-state index is 12.7. The molecule has 1 N–H and O–H groups in total. The third kappa shape index (κ3) is 3.56. The van der Waals surface area contributed by atoms with Crippen LogP contribution in [0.3, 0.4) is 0 Å². The monoisotopic (exact) mass is 400 g/mol. The molecular formula is C18H17BrN4O2. The molecule has 1 amide bonds. The highest BCUT2D eigenvalue weighted by Crippen LogP contribution is 2.27. The van der Waals surface area contributed by atoms with E-state index in [9.17, 15) is 9.90 Å². The van der Waals surface area contributed by atoms with Crippen LogP contribution >= 0.6 is 15.9 Å². The molecule has 0 saturated carbocycles. The molecule has 1 unspecified atom stereocenters. The van der Waals surface area contributed by atoms with Crippen LogP contribution in [0.1, 0.15) is 28.9 Å². The first-order valence-corrected chi connectivity index (χ1v) is 8.47. The molecule has 0 saturated heterocycles. The van der Waals surface area contributed by atoms with Crippen molar-refractivity contribution in [1.29, 1.82) is 0 Å². The zero-order valence-corrected chi connectivity index (χ0v) is 15.4. The Balaban J connectivity index is 1.81. The lowest BCUT2D eigenvalue weighted by Crippen LogP contribution is -2.29. The van der Waals surface area contributed by atoms with Gasteiger partial charge in [0.15, 0.2) is 0 Å². The third-order valence-electron chi connectivity index (χ3n) is 4.15. The van der Waals surface area contributed by atoms with Crippen LogP contribution in [-0.2, 0) is 0 Å². The van der Waals surface area contributed by atoms with Gasteiger partial charge in [-0.15, -0.1) is 0 Å². The Morgan fingerprint density at radius 1 is 1.24 bits per heavy atom. The second-order valence-electron chi connectivity index (χ2n) is 5.69. The number of phenols is 1. The Morgan fingerprint density at radius 3 is 2.60 bits per heavy atom. The van der Waals surface area contributed by atoms with Crippen molar-refractivity contribution in [3.8, 4) is 11.4 Å². The van der Waals surface area contributed by atoms with Gasteiger partial charge in [0.2, 0.25) is 0 Å². The predicted molar refractivity (Wildman–Crippen MR) is 97.7 cm³/mol. The van der Waals surface area contributed by atoms with E-state index in [-0.39, 0.29) is 23.3 Å². The van der Waals surface area contributed by atoms with E-state index in [1.165, 1.54) is 12.4 Å². The Hall–Kier alpha value is -2.67. The molecule has 0 radical (unpaired) electrons. The number of phenolic OH excluding ortho intramolecular Hbond substituents is 1. The number of amides is 1. The summed E-state index contributed by atoms with van der Waals surface area (Å²) in [6, 6.07) is 12.4. The van der Waals surface area contributed by atoms with Gasteiger partial charge < -0.3 is 10.0 Å². The molecule has 6 nitrogen and oxygen atoms in total. The van der Waals surface area contributed by atoms with Gasteiger partial charge in [-0.05, 0) is 42.8 Å². The van der Waals surface area contributed by atoms with Gasteiger partial charge in [0.25, 0.3) is 5.91 Å². The average Bonchev–Trinajstić information content (AvgIpc) is 3.16. The van der Waals surface area contributed by atoms with Crippen LogP contribution < -0.4 is 0 Å². The molecule has 2 aromatic carbocycles. The molecule has 25 heavy (non-hydrogen) atoms. The first-order chi connectivity index (χ1) is 12.0. The Kier molecular flexibility index (Phi) is 4.85. The summed E-state index contributed by atoms with van der Waals surface area (Å²) in [5.41, 5.74) is 2.14. The Bertz CT molecular complexity index is 879. The van der Waals surface area contributed by atoms with Gasteiger partial charge in [-0.1, -0.05) is 28.1 Å². The van der Waals surface area contributed by atoms with Gasteiger partial charge in [-0.3, -0.25) is 4.79 Å². The van der Waals surface area contributed by atoms with Crippen molar-refractivity contribution in [3.63, 3.8) is 0 Å². The fourth-order valence-corrected chi connectivity index (χ4v) is 2.88. The number of nitrogens with zero attached hydrogens (tertiary/aromatic N) is 4. The summed E-state index contributed by atoms with van der Waals surface area (Å²) in [5, 5.41) is 14.1. The standard InChI is InChI=1S/C18H17BrN4O2/c1-12(13-3-6-15(7-4-13)23-11-20-10-21-23)22(2)18(25)16-9-14(19)5-8-17(16)24/h3-12,24H,1-2H3. The van der Waals surface area contributed by atoms with Crippen LogP contribution in [0.5, 0.6) is 5.75 Å². The predicted octanol–water partition coefficient (Wildman–Crippen LogP) is 3.57. The zero-order valence-electron chi connectivity index (χ0n) is 13.8. The molecule has 1 atom stereocenters. The minimum atomic E-state index is -0.244. The van der Waals surface area contributed by atoms with Crippen LogP contribution in [0, 0.1) is 0 Å². The lowest BCUT2D eigenvalue weighted by molar-refractivity contribution is 0.0739. The maximum Gasteiger partial charge on any atom is 0.257 e. The number of carbonyl (C=O) groups is 1. The van der Waals surface area contributed by atoms with Gasteiger partial charge in [-0.25, -0.2) is 9.67 Å². The van der Waals surface area contributed by atoms with Crippen LogP contribution in [0.25, 0.3) is 5.69 Å². The van der Waals surface area contributed by atoms with Gasteiger partial charge in [0.1, 0.15) is 18.4 Å². The second kappa shape index (κ2) is 7.06. The molecule has 0 aliphatic heterocycles. The van der Waals surface area contributed by atoms with Gasteiger partial charge in [-0.2, -0.15) is 5.10 Å². The van der Waals surface area contributed by atoms with Crippen LogP contribution in [0.15, 0.2) is 59.6 Å². The van der Waals surface area contributed by atoms with E-state index in [1.807, 2.05) is 31.2 Å². The second-order valence-corrected chi connectivity index (χ2v) is 6.60. The Labute approximate surface area is 153 Å². The number of carbonyl (C=O) groups excluding carboxylic acids is 1. The topological polar surface area (TPSA) is 71.2 Å². The van der Waals surface area contributed by atoms with Gasteiger partial charge in [0, 0.05) is 11.5 Å². The van der Waals surface area contributed by atoms with Crippen molar-refractivity contribution < 1.29 is 9.90 Å². The van der Waals surface area contributed by atoms with E-state index in [0.29, 0.717) is 0 Å². The number of halogens is 1. The molecule has 128 valence electrons. The lowest BCUT2D eigenvalue weighted by atomic mass is 10.1. The number of benzene rings is 2. The van der Waals surface area contributed by atoms with Crippen LogP contribution in [0.4, 0.5) is 0 Å². The summed E-state index contributed by atoms with van der Waals surface area (Å²) in [6.45, 7) is 1.94. The molecule has 3 rings (SSSR count). The summed E-state index contributed by atoms with van der Waals surface area (Å²) in [4.78, 5) is 18.2. The largest absolute Gasteiger partial charge is 0.507 e. The SMILES string of the molecule is CC(c1ccc(-n2cncn2)cc1)N(C)C(=O)c1cc(Br)ccc1O. The summed E-state index contributed by atoms with van der Waals surface area (Å²) < 4.78 is 2.41. The van der Waals surface area contributed by atoms with E-state index in [4.69, 9.17) is 0 Å². The summed E-state index contributed by atoms with van der Waals surface area (Å²) in [5.74, 6) is -0.277. The highest BCUT2D eigenvalue weighted by atomic mass is 79.9. The fraction of sp³-hybridized carbons (Fsp3) is 0.167. The molecule has 1 heterocycles. The van der Waals surface area contributed by atoms with Gasteiger partial charge in [0.05, 0.1) is 17.3 Å². The zero-order chi connectivity index (χ0) is 18.0. The summed E-state index contributed by atoms with van der Waals surface area (Å²) in [7, 11) is 1.72. The van der Waals surface area contributed by atoms with E-state index >= 15 is 0 Å². The summed E-state index contributed by atoms with van der Waals surface area (Å²) >= 11 is 3.33. The lowest BCUT2D eigenvalue weighted by Gasteiger charge is -2.26. The van der Waals surface area contributed by atoms with Crippen molar-refractivity contribution in [2.24, 2.45) is 0 Å². The first kappa shape index (κ1) is 17.2. The molecular weight excluding hydrogens is 384 g/mol. The van der Waals surface area contributed by atoms with Crippen LogP contribution in [0.2, 0.25) is 0 Å². The molecule has 0 aliphatic carbocycles. The van der Waals surface area contributed by atoms with E-state index < -0.39 is 0 Å². The van der Waals surface area contributed by atoms with E-state index in [1.54, 1.807) is 35.1 Å². The molecule has 7 heteroatoms. The smallest absolute Gasteiger partial charge is 0.257 e. The van der Waals surface area contributed by atoms with Crippen molar-refractivity contribution >= 4 is 21.8 Å². The molecule has 0 bridgehead atoms. The van der Waals surface area contributed by atoms with E-state index in [0.717, 1.165) is 15.7 Å². The minimum Gasteiger partial charge on any atom is -0.507 e. The molecule has 3 aromatic rings. The number of aromatic nitrogens is 3. The highest BCUT2D eigenvalue weighted by Gasteiger charge is 2.21. The Morgan fingerprint density at radius 2 is 1.96 bits per heavy atom. The van der Waals surface area contributed by atoms with Crippen molar-refractivity contribution in [2.45, 2.75) is 13.0 Å². The molecule has 1 aromatic heterocycles. The molecule has 0 fully saturated rings. The van der Waals surface area contributed by atoms with E-state index in [2.05, 4.69) is 26.0 Å². The first-order valence-electron chi connectivity index (χ1n) is 7.68. The van der Waals surface area contributed by atoms with Crippen LogP contribution in [-0.4, -0.2) is 37.7 Å². The minimum absolute atomic E-state index is 0.0335. The fourth-order valence-electron chi connectivity index (χ4n) is 2.52. The number of hydrogen-bond donors (Lipinski definition) is 1. The van der Waals surface area contributed by atoms with Crippen molar-refractivity contribution in [3.05, 3.63) is 70.7 Å². The van der Waals surface area contributed by atoms with Crippen molar-refractivity contribution in [1.82, 2.24) is 19.7 Å². The third-order valence-corrected chi connectivity index (χ3v) is 4.64. The van der Waals surface area contributed by atoms with Gasteiger partial charge >= 0.3 is 0 Å². The number of rotatable bonds is 4. The molecule has 0 spiro atoms. The molecule has 0 aliphatic rings.